The van der Waals surface area contributed by atoms with E-state index in [1.54, 1.807) is 20.8 Å². The number of hydrogen-bond donors (Lipinski definition) is 6. The fourth-order valence-electron chi connectivity index (χ4n) is 4.47. The van der Waals surface area contributed by atoms with E-state index in [0.717, 1.165) is 11.1 Å². The van der Waals surface area contributed by atoms with Crippen LogP contribution < -0.4 is 0 Å². The molecule has 0 spiro atoms. The van der Waals surface area contributed by atoms with Crippen molar-refractivity contribution < 1.29 is 44.9 Å². The fourth-order valence-corrected chi connectivity index (χ4v) is 4.47. The van der Waals surface area contributed by atoms with Gasteiger partial charge >= 0.3 is 0 Å². The second kappa shape index (κ2) is 8.51. The number of Topliss-reactive ketones (excluding diaryl/α,β-unsaturated/α-hetero) is 1. The van der Waals surface area contributed by atoms with E-state index in [2.05, 4.69) is 0 Å². The normalized spacial score (nSPS) is 33.7. The van der Waals surface area contributed by atoms with Crippen molar-refractivity contribution in [2.24, 2.45) is 5.41 Å². The molecule has 0 bridgehead atoms. The van der Waals surface area contributed by atoms with Gasteiger partial charge in [0, 0.05) is 17.7 Å². The van der Waals surface area contributed by atoms with Crippen molar-refractivity contribution >= 4 is 5.78 Å². The number of benzene rings is 1. The molecular formula is C21H30O9. The predicted molar refractivity (Wildman–Crippen MR) is 104 cm³/mol. The summed E-state index contributed by atoms with van der Waals surface area (Å²) in [6.45, 7) is 4.37. The van der Waals surface area contributed by atoms with Crippen LogP contribution in [0.25, 0.3) is 0 Å². The Kier molecular flexibility index (Phi) is 6.54. The third kappa shape index (κ3) is 3.64. The summed E-state index contributed by atoms with van der Waals surface area (Å²) in [7, 11) is 0. The summed E-state index contributed by atoms with van der Waals surface area (Å²) in [5.74, 6) is -0.196. The smallest absolute Gasteiger partial charge is 0.186 e. The SMILES string of the molecule is Cc1c(O)c2c(c(C)c1CCO)C(=O)C(C)(COC1OC(CO)C(O)C(O)C1O)C2. The number of aromatic hydroxyl groups is 1. The number of carbonyl (C=O) groups excluding carboxylic acids is 1. The molecule has 1 aliphatic heterocycles. The van der Waals surface area contributed by atoms with Gasteiger partial charge in [0.2, 0.25) is 0 Å². The third-order valence-electron chi connectivity index (χ3n) is 6.34. The van der Waals surface area contributed by atoms with Gasteiger partial charge in [0.15, 0.2) is 12.1 Å². The maximum absolute atomic E-state index is 13.3. The zero-order valence-electron chi connectivity index (χ0n) is 17.3. The molecule has 9 heteroatoms. The van der Waals surface area contributed by atoms with Gasteiger partial charge in [0.1, 0.15) is 30.2 Å². The maximum atomic E-state index is 13.3. The number of aliphatic hydroxyl groups is 5. The number of phenolic OH excluding ortho intramolecular Hbond substituents is 1. The molecule has 2 aliphatic rings. The third-order valence-corrected chi connectivity index (χ3v) is 6.34. The summed E-state index contributed by atoms with van der Waals surface area (Å²) in [4.78, 5) is 13.3. The Bertz CT molecular complexity index is 821. The van der Waals surface area contributed by atoms with E-state index in [-0.39, 0.29) is 31.2 Å². The molecule has 168 valence electrons. The van der Waals surface area contributed by atoms with Crippen molar-refractivity contribution in [2.45, 2.75) is 64.3 Å². The summed E-state index contributed by atoms with van der Waals surface area (Å²) in [5, 5.41) is 59.2. The van der Waals surface area contributed by atoms with Gasteiger partial charge in [-0.05, 0) is 50.3 Å². The lowest BCUT2D eigenvalue weighted by atomic mass is 9.86. The molecule has 6 atom stereocenters. The van der Waals surface area contributed by atoms with Gasteiger partial charge in [-0.3, -0.25) is 4.79 Å². The van der Waals surface area contributed by atoms with Gasteiger partial charge < -0.3 is 40.1 Å². The molecule has 30 heavy (non-hydrogen) atoms. The molecule has 1 aromatic carbocycles. The highest BCUT2D eigenvalue weighted by atomic mass is 16.7. The summed E-state index contributed by atoms with van der Waals surface area (Å²) >= 11 is 0. The molecule has 0 amide bonds. The van der Waals surface area contributed by atoms with E-state index in [4.69, 9.17) is 9.47 Å². The van der Waals surface area contributed by atoms with Crippen LogP contribution in [0.2, 0.25) is 0 Å². The molecule has 3 rings (SSSR count). The summed E-state index contributed by atoms with van der Waals surface area (Å²) in [6.07, 6.45) is -6.53. The average Bonchev–Trinajstić information content (AvgIpc) is 2.99. The van der Waals surface area contributed by atoms with Crippen LogP contribution in [0.3, 0.4) is 0 Å². The monoisotopic (exact) mass is 426 g/mol. The molecule has 6 N–H and O–H groups in total. The maximum Gasteiger partial charge on any atom is 0.186 e. The van der Waals surface area contributed by atoms with Crippen LogP contribution in [0, 0.1) is 19.3 Å². The number of ketones is 1. The van der Waals surface area contributed by atoms with E-state index < -0.39 is 42.7 Å². The Hall–Kier alpha value is -1.59. The van der Waals surface area contributed by atoms with Crippen molar-refractivity contribution in [3.63, 3.8) is 0 Å². The van der Waals surface area contributed by atoms with Gasteiger partial charge in [-0.25, -0.2) is 0 Å². The van der Waals surface area contributed by atoms with E-state index >= 15 is 0 Å². The van der Waals surface area contributed by atoms with Crippen molar-refractivity contribution in [1.82, 2.24) is 0 Å². The van der Waals surface area contributed by atoms with Crippen molar-refractivity contribution in [1.29, 1.82) is 0 Å². The average molecular weight is 426 g/mol. The lowest BCUT2D eigenvalue weighted by Gasteiger charge is -2.40. The van der Waals surface area contributed by atoms with Crippen LogP contribution in [0.1, 0.15) is 39.5 Å². The molecule has 1 heterocycles. The quantitative estimate of drug-likeness (QED) is 0.339. The molecule has 0 radical (unpaired) electrons. The van der Waals surface area contributed by atoms with Crippen LogP contribution in [0.5, 0.6) is 5.75 Å². The van der Waals surface area contributed by atoms with E-state index in [9.17, 15) is 35.4 Å². The first kappa shape index (κ1) is 23.1. The Morgan fingerprint density at radius 3 is 2.37 bits per heavy atom. The first-order chi connectivity index (χ1) is 14.1. The molecule has 0 aromatic heterocycles. The molecule has 1 aliphatic carbocycles. The number of rotatable bonds is 6. The van der Waals surface area contributed by atoms with Gasteiger partial charge in [0.25, 0.3) is 0 Å². The first-order valence-electron chi connectivity index (χ1n) is 9.99. The highest BCUT2D eigenvalue weighted by Gasteiger charge is 2.48. The Balaban J connectivity index is 1.83. The standard InChI is InChI=1S/C21H30O9/c1-9-11(4-5-22)10(2)15(24)12-6-21(3,19(28)14(9)12)8-29-20-18(27)17(26)16(25)13(7-23)30-20/h13,16-18,20,22-27H,4-8H2,1-3H3. The second-order valence-corrected chi connectivity index (χ2v) is 8.48. The van der Waals surface area contributed by atoms with Gasteiger partial charge in [-0.2, -0.15) is 0 Å². The molecule has 1 saturated heterocycles. The van der Waals surface area contributed by atoms with Gasteiger partial charge in [-0.1, -0.05) is 0 Å². The zero-order valence-corrected chi connectivity index (χ0v) is 17.3. The minimum atomic E-state index is -1.57. The summed E-state index contributed by atoms with van der Waals surface area (Å²) < 4.78 is 11.0. The number of carbonyl (C=O) groups is 1. The van der Waals surface area contributed by atoms with Crippen LogP contribution in [-0.4, -0.2) is 86.9 Å². The van der Waals surface area contributed by atoms with Gasteiger partial charge in [-0.15, -0.1) is 0 Å². The molecular weight excluding hydrogens is 396 g/mol. The molecule has 0 saturated carbocycles. The lowest BCUT2D eigenvalue weighted by Crippen LogP contribution is -2.59. The zero-order chi connectivity index (χ0) is 22.4. The van der Waals surface area contributed by atoms with Crippen molar-refractivity contribution in [3.8, 4) is 5.75 Å². The highest BCUT2D eigenvalue weighted by Crippen LogP contribution is 2.45. The van der Waals surface area contributed by atoms with E-state index in [0.29, 0.717) is 23.1 Å². The first-order valence-corrected chi connectivity index (χ1v) is 9.99. The fraction of sp³-hybridized carbons (Fsp3) is 0.667. The Morgan fingerprint density at radius 1 is 1.10 bits per heavy atom. The number of phenols is 1. The van der Waals surface area contributed by atoms with Gasteiger partial charge in [0.05, 0.1) is 18.6 Å². The largest absolute Gasteiger partial charge is 0.507 e. The number of aliphatic hydroxyl groups excluding tert-OH is 5. The molecule has 6 unspecified atom stereocenters. The Morgan fingerprint density at radius 2 is 1.77 bits per heavy atom. The van der Waals surface area contributed by atoms with Crippen LogP contribution >= 0.6 is 0 Å². The van der Waals surface area contributed by atoms with Crippen LogP contribution in [0.4, 0.5) is 0 Å². The summed E-state index contributed by atoms with van der Waals surface area (Å²) in [6, 6.07) is 0. The highest BCUT2D eigenvalue weighted by molar-refractivity contribution is 6.07. The predicted octanol–water partition coefficient (Wildman–Crippen LogP) is -0.895. The van der Waals surface area contributed by atoms with Crippen molar-refractivity contribution in [3.05, 3.63) is 27.8 Å². The molecule has 1 aromatic rings. The molecule has 1 fully saturated rings. The second-order valence-electron chi connectivity index (χ2n) is 8.48. The van der Waals surface area contributed by atoms with E-state index in [1.807, 2.05) is 0 Å². The van der Waals surface area contributed by atoms with Crippen molar-refractivity contribution in [2.75, 3.05) is 19.8 Å². The number of fused-ring (bicyclic) bond motifs is 1. The minimum absolute atomic E-state index is 0.0314. The topological polar surface area (TPSA) is 157 Å². The van der Waals surface area contributed by atoms with Crippen LogP contribution in [-0.2, 0) is 22.3 Å². The molecule has 9 nitrogen and oxygen atoms in total. The number of ether oxygens (including phenoxy) is 2. The van der Waals surface area contributed by atoms with Crippen LogP contribution in [0.15, 0.2) is 0 Å². The van der Waals surface area contributed by atoms with E-state index in [1.165, 1.54) is 0 Å². The Labute approximate surface area is 174 Å². The minimum Gasteiger partial charge on any atom is -0.507 e. The summed E-state index contributed by atoms with van der Waals surface area (Å²) in [5.41, 5.74) is 1.98. The number of hydrogen-bond acceptors (Lipinski definition) is 9. The lowest BCUT2D eigenvalue weighted by molar-refractivity contribution is -0.304.